The molecule has 0 spiro atoms. The molecular weight excluding hydrogens is 276 g/mol. The second kappa shape index (κ2) is 7.64. The van der Waals surface area contributed by atoms with Crippen molar-refractivity contribution >= 4 is 5.97 Å². The van der Waals surface area contributed by atoms with E-state index in [1.807, 2.05) is 24.3 Å². The summed E-state index contributed by atoms with van der Waals surface area (Å²) >= 11 is 0. The van der Waals surface area contributed by atoms with E-state index in [1.54, 1.807) is 6.26 Å². The molecule has 1 aliphatic heterocycles. The molecule has 3 nitrogen and oxygen atoms in total. The van der Waals surface area contributed by atoms with Gasteiger partial charge in [-0.2, -0.15) is 0 Å². The zero-order chi connectivity index (χ0) is 15.9. The molecule has 0 bridgehead atoms. The summed E-state index contributed by atoms with van der Waals surface area (Å²) in [6.07, 6.45) is 9.23. The average Bonchev–Trinajstić information content (AvgIpc) is 2.94. The zero-order valence-electron chi connectivity index (χ0n) is 13.4. The zero-order valence-corrected chi connectivity index (χ0v) is 13.4. The van der Waals surface area contributed by atoms with Gasteiger partial charge in [0.2, 0.25) is 0 Å². The maximum absolute atomic E-state index is 12.1. The van der Waals surface area contributed by atoms with Gasteiger partial charge in [-0.3, -0.25) is 0 Å². The Morgan fingerprint density at radius 3 is 2.77 bits per heavy atom. The van der Waals surface area contributed by atoms with Gasteiger partial charge in [-0.15, -0.1) is 0 Å². The molecule has 0 aromatic heterocycles. The topological polar surface area (TPSA) is 39.4 Å². The van der Waals surface area contributed by atoms with Crippen LogP contribution < -0.4 is 0 Å². The lowest BCUT2D eigenvalue weighted by Gasteiger charge is -2.07. The number of allylic oxidation sites excluding steroid dienone is 3. The van der Waals surface area contributed by atoms with Crippen LogP contribution in [0.4, 0.5) is 0 Å². The molecule has 3 heteroatoms. The summed E-state index contributed by atoms with van der Waals surface area (Å²) in [5.41, 5.74) is 4.79. The molecule has 1 aliphatic carbocycles. The van der Waals surface area contributed by atoms with E-state index in [-0.39, 0.29) is 12.6 Å². The summed E-state index contributed by atoms with van der Waals surface area (Å²) in [7, 11) is 0. The second-order valence-corrected chi connectivity index (χ2v) is 5.65. The number of carbonyl (C=O) groups excluding carboxylic acids is 1. The van der Waals surface area contributed by atoms with Crippen molar-refractivity contribution in [3.63, 3.8) is 0 Å². The van der Waals surface area contributed by atoms with Gasteiger partial charge in [0.1, 0.15) is 18.4 Å². The molecular formula is C19H22O3. The highest BCUT2D eigenvalue weighted by Crippen LogP contribution is 2.27. The number of rotatable bonds is 6. The fourth-order valence-electron chi connectivity index (χ4n) is 2.21. The summed E-state index contributed by atoms with van der Waals surface area (Å²) in [5, 5.41) is 0. The van der Waals surface area contributed by atoms with Crippen molar-refractivity contribution in [3.8, 4) is 11.1 Å². The predicted octanol–water partition coefficient (Wildman–Crippen LogP) is 5.23. The number of carbonyl (C=O) groups is 1. The summed E-state index contributed by atoms with van der Waals surface area (Å²) in [6, 6.07) is 5.69. The molecule has 0 N–H and O–H groups in total. The minimum atomic E-state index is -0.353. The normalized spacial score (nSPS) is 11.5. The van der Waals surface area contributed by atoms with E-state index in [2.05, 4.69) is 26.8 Å². The summed E-state index contributed by atoms with van der Waals surface area (Å²) in [5.74, 6) is -0.353. The lowest BCUT2D eigenvalue weighted by Crippen LogP contribution is -2.06. The molecule has 0 atom stereocenters. The first kappa shape index (κ1) is 16.1. The highest BCUT2D eigenvalue weighted by atomic mass is 16.5. The molecule has 0 saturated heterocycles. The standard InChI is InChI=1S/C19H22O3/c1-14(2)6-4-7-15(3)10-11-22-19(20)18-13-21-12-16-8-5-9-17(16)18/h5-6,8-10,12-13H,4,7,11H2,1-3H3/b15-10+. The highest BCUT2D eigenvalue weighted by Gasteiger charge is 2.16. The Labute approximate surface area is 131 Å². The van der Waals surface area contributed by atoms with Crippen molar-refractivity contribution in [1.29, 1.82) is 0 Å². The summed E-state index contributed by atoms with van der Waals surface area (Å²) < 4.78 is 10.5. The fourth-order valence-corrected chi connectivity index (χ4v) is 2.21. The third-order valence-electron chi connectivity index (χ3n) is 3.48. The molecule has 0 unspecified atom stereocenters. The van der Waals surface area contributed by atoms with Gasteiger partial charge in [0.25, 0.3) is 0 Å². The monoisotopic (exact) mass is 298 g/mol. The van der Waals surface area contributed by atoms with Crippen LogP contribution in [-0.2, 0) is 4.74 Å². The highest BCUT2D eigenvalue weighted by molar-refractivity contribution is 5.97. The molecule has 0 fully saturated rings. The lowest BCUT2D eigenvalue weighted by molar-refractivity contribution is 0.0547. The van der Waals surface area contributed by atoms with Gasteiger partial charge < -0.3 is 9.15 Å². The van der Waals surface area contributed by atoms with Gasteiger partial charge >= 0.3 is 5.97 Å². The minimum Gasteiger partial charge on any atom is -0.471 e. The maximum atomic E-state index is 12.1. The minimum absolute atomic E-state index is 0.288. The van der Waals surface area contributed by atoms with E-state index in [9.17, 15) is 4.79 Å². The SMILES string of the molecule is CC(C)=CCC/C(C)=C/COC(=O)c1cocc2cccc1-2. The van der Waals surface area contributed by atoms with Crippen molar-refractivity contribution in [1.82, 2.24) is 0 Å². The van der Waals surface area contributed by atoms with Crippen LogP contribution in [0.2, 0.25) is 0 Å². The van der Waals surface area contributed by atoms with Crippen molar-refractivity contribution in [2.45, 2.75) is 33.6 Å². The number of hydrogen-bond donors (Lipinski definition) is 0. The molecule has 116 valence electrons. The number of hydrogen-bond acceptors (Lipinski definition) is 3. The number of esters is 1. The van der Waals surface area contributed by atoms with Crippen molar-refractivity contribution in [2.75, 3.05) is 6.61 Å². The molecule has 2 rings (SSSR count). The Morgan fingerprint density at radius 2 is 2.00 bits per heavy atom. The van der Waals surface area contributed by atoms with Crippen LogP contribution in [0.3, 0.4) is 0 Å². The summed E-state index contributed by atoms with van der Waals surface area (Å²) in [6.45, 7) is 6.53. The smallest absolute Gasteiger partial charge is 0.342 e. The Kier molecular flexibility index (Phi) is 5.59. The van der Waals surface area contributed by atoms with Gasteiger partial charge in [0, 0.05) is 11.1 Å². The second-order valence-electron chi connectivity index (χ2n) is 5.65. The Bertz CT molecular complexity index is 657. The third kappa shape index (κ3) is 4.35. The molecule has 1 heterocycles. The van der Waals surface area contributed by atoms with Gasteiger partial charge in [-0.1, -0.05) is 35.4 Å². The van der Waals surface area contributed by atoms with Gasteiger partial charge in [0.15, 0.2) is 0 Å². The molecule has 22 heavy (non-hydrogen) atoms. The molecule has 0 radical (unpaired) electrons. The predicted molar refractivity (Wildman–Crippen MR) is 88.0 cm³/mol. The van der Waals surface area contributed by atoms with Crippen LogP contribution in [-0.4, -0.2) is 12.6 Å². The number of ether oxygens (including phenoxy) is 1. The number of fused-ring (bicyclic) bond motifs is 1. The van der Waals surface area contributed by atoms with Crippen LogP contribution in [0.15, 0.2) is 58.4 Å². The van der Waals surface area contributed by atoms with E-state index in [4.69, 9.17) is 9.15 Å². The first-order valence-electron chi connectivity index (χ1n) is 7.49. The fraction of sp³-hybridized carbons (Fsp3) is 0.316. The average molecular weight is 298 g/mol. The van der Waals surface area contributed by atoms with E-state index in [0.29, 0.717) is 5.56 Å². The molecule has 2 aliphatic rings. The van der Waals surface area contributed by atoms with Crippen LogP contribution in [0, 0.1) is 0 Å². The van der Waals surface area contributed by atoms with Crippen LogP contribution in [0.1, 0.15) is 44.0 Å². The Hall–Kier alpha value is -2.29. The lowest BCUT2D eigenvalue weighted by atomic mass is 10.1. The van der Waals surface area contributed by atoms with E-state index < -0.39 is 0 Å². The van der Waals surface area contributed by atoms with Crippen LogP contribution in [0.25, 0.3) is 11.1 Å². The van der Waals surface area contributed by atoms with Crippen LogP contribution >= 0.6 is 0 Å². The summed E-state index contributed by atoms with van der Waals surface area (Å²) in [4.78, 5) is 12.1. The Morgan fingerprint density at radius 1 is 1.18 bits per heavy atom. The Balaban J connectivity index is 1.88. The molecule has 0 saturated carbocycles. The molecule has 0 amide bonds. The van der Waals surface area contributed by atoms with Gasteiger partial charge in [-0.25, -0.2) is 4.79 Å². The van der Waals surface area contributed by atoms with Crippen molar-refractivity contribution in [2.24, 2.45) is 0 Å². The van der Waals surface area contributed by atoms with Crippen LogP contribution in [0.5, 0.6) is 0 Å². The maximum Gasteiger partial charge on any atom is 0.342 e. The van der Waals surface area contributed by atoms with Crippen molar-refractivity contribution in [3.05, 3.63) is 59.6 Å². The van der Waals surface area contributed by atoms with Crippen molar-refractivity contribution < 1.29 is 13.9 Å². The molecule has 0 aromatic carbocycles. The first-order chi connectivity index (χ1) is 10.6. The van der Waals surface area contributed by atoms with Gasteiger partial charge in [-0.05, 0) is 39.7 Å². The van der Waals surface area contributed by atoms with E-state index >= 15 is 0 Å². The molecule has 0 aromatic rings. The largest absolute Gasteiger partial charge is 0.471 e. The first-order valence-corrected chi connectivity index (χ1v) is 7.49. The van der Waals surface area contributed by atoms with Gasteiger partial charge in [0.05, 0.1) is 6.26 Å². The van der Waals surface area contributed by atoms with E-state index in [0.717, 1.165) is 24.0 Å². The third-order valence-corrected chi connectivity index (χ3v) is 3.48. The quantitative estimate of drug-likeness (QED) is 0.541. The van der Waals surface area contributed by atoms with E-state index in [1.165, 1.54) is 17.4 Å².